The molecule has 1 N–H and O–H groups in total. The molecule has 0 aliphatic rings. The summed E-state index contributed by atoms with van der Waals surface area (Å²) in [7, 11) is 0. The molecule has 17 heavy (non-hydrogen) atoms. The van der Waals surface area contributed by atoms with E-state index in [-0.39, 0.29) is 25.5 Å². The van der Waals surface area contributed by atoms with Crippen LogP contribution in [0.1, 0.15) is 18.4 Å². The van der Waals surface area contributed by atoms with Gasteiger partial charge in [-0.2, -0.15) is 5.26 Å². The van der Waals surface area contributed by atoms with Crippen LogP contribution < -0.4 is 0 Å². The highest BCUT2D eigenvalue weighted by atomic mass is 16.3. The number of carbonyl (C=O) groups excluding carboxylic acids is 1. The zero-order chi connectivity index (χ0) is 12.5. The van der Waals surface area contributed by atoms with Crippen LogP contribution in [0.3, 0.4) is 0 Å². The Bertz CT molecular complexity index is 384. The van der Waals surface area contributed by atoms with E-state index in [0.29, 0.717) is 13.0 Å². The molecule has 4 heteroatoms. The molecule has 0 bridgehead atoms. The van der Waals surface area contributed by atoms with Gasteiger partial charge in [0.2, 0.25) is 5.91 Å². The normalized spacial score (nSPS) is 9.65. The number of aliphatic hydroxyl groups excluding tert-OH is 1. The minimum atomic E-state index is -0.0931. The Morgan fingerprint density at radius 1 is 1.35 bits per heavy atom. The first-order chi connectivity index (χ1) is 8.27. The Labute approximate surface area is 101 Å². The minimum absolute atomic E-state index is 0.00251. The molecule has 0 radical (unpaired) electrons. The lowest BCUT2D eigenvalue weighted by molar-refractivity contribution is -0.131. The zero-order valence-corrected chi connectivity index (χ0v) is 9.67. The van der Waals surface area contributed by atoms with Crippen LogP contribution in [0.5, 0.6) is 0 Å². The Morgan fingerprint density at radius 3 is 2.65 bits per heavy atom. The van der Waals surface area contributed by atoms with Crippen LogP contribution in [0.2, 0.25) is 0 Å². The Kier molecular flexibility index (Phi) is 5.76. The number of rotatable bonds is 6. The molecule has 0 fully saturated rings. The molecule has 0 atom stereocenters. The van der Waals surface area contributed by atoms with E-state index in [1.165, 1.54) is 4.90 Å². The molecule has 1 rings (SSSR count). The Balaban J connectivity index is 2.60. The highest BCUT2D eigenvalue weighted by Crippen LogP contribution is 2.06. The fourth-order valence-corrected chi connectivity index (χ4v) is 1.51. The van der Waals surface area contributed by atoms with Crippen LogP contribution in [-0.2, 0) is 11.3 Å². The van der Waals surface area contributed by atoms with Gasteiger partial charge in [-0.25, -0.2) is 0 Å². The lowest BCUT2D eigenvalue weighted by Crippen LogP contribution is -2.30. The van der Waals surface area contributed by atoms with Crippen LogP contribution >= 0.6 is 0 Å². The molecular weight excluding hydrogens is 216 g/mol. The molecule has 0 spiro atoms. The molecule has 0 heterocycles. The van der Waals surface area contributed by atoms with Gasteiger partial charge in [-0.15, -0.1) is 0 Å². The quantitative estimate of drug-likeness (QED) is 0.752. The summed E-state index contributed by atoms with van der Waals surface area (Å²) in [6.07, 6.45) is 0.723. The zero-order valence-electron chi connectivity index (χ0n) is 9.67. The number of carbonyl (C=O) groups is 1. The maximum atomic E-state index is 11.8. The topological polar surface area (TPSA) is 64.3 Å². The van der Waals surface area contributed by atoms with Crippen molar-refractivity contribution in [2.45, 2.75) is 19.4 Å². The maximum absolute atomic E-state index is 11.8. The monoisotopic (exact) mass is 232 g/mol. The number of hydrogen-bond donors (Lipinski definition) is 1. The van der Waals surface area contributed by atoms with Crippen molar-refractivity contribution in [3.8, 4) is 6.07 Å². The van der Waals surface area contributed by atoms with Crippen LogP contribution in [0.4, 0.5) is 0 Å². The standard InChI is InChI=1S/C13H16N2O2/c14-8-9-15(13(17)7-4-10-16)11-12-5-2-1-3-6-12/h1-3,5-6,16H,4,7,9-11H2. The number of hydrogen-bond acceptors (Lipinski definition) is 3. The molecule has 0 aliphatic heterocycles. The summed E-state index contributed by atoms with van der Waals surface area (Å²) in [5.41, 5.74) is 1.00. The van der Waals surface area contributed by atoms with Gasteiger partial charge in [-0.3, -0.25) is 4.79 Å². The van der Waals surface area contributed by atoms with Gasteiger partial charge in [0.1, 0.15) is 6.54 Å². The minimum Gasteiger partial charge on any atom is -0.396 e. The van der Waals surface area contributed by atoms with Crippen LogP contribution in [0.25, 0.3) is 0 Å². The lowest BCUT2D eigenvalue weighted by atomic mass is 10.2. The first-order valence-electron chi connectivity index (χ1n) is 5.57. The number of amides is 1. The van der Waals surface area contributed by atoms with E-state index in [1.807, 2.05) is 36.4 Å². The molecule has 1 aromatic rings. The summed E-state index contributed by atoms with van der Waals surface area (Å²) in [6, 6.07) is 11.5. The van der Waals surface area contributed by atoms with Crippen LogP contribution in [0, 0.1) is 11.3 Å². The summed E-state index contributed by atoms with van der Waals surface area (Å²) in [4.78, 5) is 13.3. The van der Waals surface area contributed by atoms with E-state index in [0.717, 1.165) is 5.56 Å². The third kappa shape index (κ3) is 4.66. The van der Waals surface area contributed by atoms with Crippen LogP contribution in [-0.4, -0.2) is 29.1 Å². The molecule has 1 aromatic carbocycles. The largest absolute Gasteiger partial charge is 0.396 e. The van der Waals surface area contributed by atoms with Gasteiger partial charge in [0, 0.05) is 19.6 Å². The second-order valence-electron chi connectivity index (χ2n) is 3.72. The summed E-state index contributed by atoms with van der Waals surface area (Å²) >= 11 is 0. The van der Waals surface area contributed by atoms with Crippen molar-refractivity contribution >= 4 is 5.91 Å². The van der Waals surface area contributed by atoms with Gasteiger partial charge < -0.3 is 10.0 Å². The van der Waals surface area contributed by atoms with E-state index in [1.54, 1.807) is 0 Å². The third-order valence-electron chi connectivity index (χ3n) is 2.38. The van der Waals surface area contributed by atoms with Gasteiger partial charge in [0.15, 0.2) is 0 Å². The molecule has 4 nitrogen and oxygen atoms in total. The van der Waals surface area contributed by atoms with E-state index in [4.69, 9.17) is 10.4 Å². The van der Waals surface area contributed by atoms with Gasteiger partial charge in [-0.1, -0.05) is 30.3 Å². The summed E-state index contributed by atoms with van der Waals surface area (Å²) in [5, 5.41) is 17.4. The number of nitrogens with zero attached hydrogens (tertiary/aromatic N) is 2. The molecule has 0 unspecified atom stereocenters. The first-order valence-corrected chi connectivity index (χ1v) is 5.57. The highest BCUT2D eigenvalue weighted by Gasteiger charge is 2.12. The Morgan fingerprint density at radius 2 is 2.06 bits per heavy atom. The van der Waals surface area contributed by atoms with Crippen molar-refractivity contribution in [1.29, 1.82) is 5.26 Å². The molecule has 0 aromatic heterocycles. The third-order valence-corrected chi connectivity index (χ3v) is 2.38. The van der Waals surface area contributed by atoms with E-state index < -0.39 is 0 Å². The second-order valence-corrected chi connectivity index (χ2v) is 3.72. The summed E-state index contributed by atoms with van der Waals surface area (Å²) in [6.45, 7) is 0.523. The van der Waals surface area contributed by atoms with Gasteiger partial charge in [-0.05, 0) is 12.0 Å². The average Bonchev–Trinajstić information content (AvgIpc) is 2.36. The smallest absolute Gasteiger partial charge is 0.223 e. The second kappa shape index (κ2) is 7.42. The maximum Gasteiger partial charge on any atom is 0.223 e. The predicted molar refractivity (Wildman–Crippen MR) is 63.8 cm³/mol. The number of benzene rings is 1. The van der Waals surface area contributed by atoms with E-state index >= 15 is 0 Å². The fraction of sp³-hybridized carbons (Fsp3) is 0.385. The summed E-state index contributed by atoms with van der Waals surface area (Å²) in [5.74, 6) is -0.0931. The van der Waals surface area contributed by atoms with Crippen molar-refractivity contribution in [2.75, 3.05) is 13.2 Å². The van der Waals surface area contributed by atoms with Gasteiger partial charge in [0.05, 0.1) is 6.07 Å². The van der Waals surface area contributed by atoms with Crippen molar-refractivity contribution in [3.63, 3.8) is 0 Å². The first kappa shape index (κ1) is 13.2. The SMILES string of the molecule is N#CCN(Cc1ccccc1)C(=O)CCCO. The van der Waals surface area contributed by atoms with Crippen LogP contribution in [0.15, 0.2) is 30.3 Å². The molecule has 0 aliphatic carbocycles. The van der Waals surface area contributed by atoms with E-state index in [9.17, 15) is 4.79 Å². The van der Waals surface area contributed by atoms with Crippen molar-refractivity contribution < 1.29 is 9.90 Å². The molecule has 1 amide bonds. The van der Waals surface area contributed by atoms with Gasteiger partial charge in [0.25, 0.3) is 0 Å². The van der Waals surface area contributed by atoms with Crippen molar-refractivity contribution in [2.24, 2.45) is 0 Å². The molecule has 0 saturated heterocycles. The highest BCUT2D eigenvalue weighted by molar-refractivity contribution is 5.76. The molecular formula is C13H16N2O2. The summed E-state index contributed by atoms with van der Waals surface area (Å²) < 4.78 is 0. The average molecular weight is 232 g/mol. The fourth-order valence-electron chi connectivity index (χ4n) is 1.51. The van der Waals surface area contributed by atoms with Crippen molar-refractivity contribution in [3.05, 3.63) is 35.9 Å². The van der Waals surface area contributed by atoms with E-state index in [2.05, 4.69) is 0 Å². The molecule has 90 valence electrons. The lowest BCUT2D eigenvalue weighted by Gasteiger charge is -2.19. The van der Waals surface area contributed by atoms with Crippen molar-refractivity contribution in [1.82, 2.24) is 4.90 Å². The Hall–Kier alpha value is -1.86. The number of nitriles is 1. The molecule has 0 saturated carbocycles. The number of aliphatic hydroxyl groups is 1. The van der Waals surface area contributed by atoms with Gasteiger partial charge >= 0.3 is 0 Å². The predicted octanol–water partition coefficient (Wildman–Crippen LogP) is 1.31.